The zero-order valence-corrected chi connectivity index (χ0v) is 17.1. The largest absolute Gasteiger partial charge is 0.454 e. The minimum atomic E-state index is -0.281. The second-order valence-electron chi connectivity index (χ2n) is 7.23. The van der Waals surface area contributed by atoms with Gasteiger partial charge in [-0.2, -0.15) is 5.10 Å². The number of carbonyl (C=O) groups is 1. The summed E-state index contributed by atoms with van der Waals surface area (Å²) in [4.78, 5) is 12.3. The Bertz CT molecular complexity index is 1320. The van der Waals surface area contributed by atoms with Gasteiger partial charge in [-0.05, 0) is 44.2 Å². The number of benzene rings is 2. The molecule has 4 aromatic rings. The molecule has 2 aromatic heterocycles. The van der Waals surface area contributed by atoms with Crippen LogP contribution < -0.4 is 14.9 Å². The number of ether oxygens (including phenoxy) is 2. The third-order valence-corrected chi connectivity index (χ3v) is 5.19. The number of nitrogens with zero attached hydrogens (tertiary/aromatic N) is 5. The monoisotopic (exact) mass is 416 g/mol. The van der Waals surface area contributed by atoms with Crippen LogP contribution in [-0.4, -0.2) is 38.5 Å². The molecule has 0 fully saturated rings. The third-order valence-electron chi connectivity index (χ3n) is 5.19. The summed E-state index contributed by atoms with van der Waals surface area (Å²) in [5.74, 6) is 1.19. The number of carbonyl (C=O) groups excluding carboxylic acids is 1. The second kappa shape index (κ2) is 7.60. The van der Waals surface area contributed by atoms with E-state index in [0.717, 1.165) is 45.2 Å². The molecule has 3 heterocycles. The highest BCUT2D eigenvalue weighted by molar-refractivity contribution is 5.84. The van der Waals surface area contributed by atoms with Crippen LogP contribution in [0, 0.1) is 13.8 Å². The van der Waals surface area contributed by atoms with Gasteiger partial charge in [-0.15, -0.1) is 5.10 Å². The van der Waals surface area contributed by atoms with Crippen LogP contribution in [0.5, 0.6) is 11.5 Å². The summed E-state index contributed by atoms with van der Waals surface area (Å²) in [7, 11) is 0. The van der Waals surface area contributed by atoms with Crippen molar-refractivity contribution in [3.8, 4) is 17.2 Å². The lowest BCUT2D eigenvalue weighted by Gasteiger charge is -2.10. The van der Waals surface area contributed by atoms with Crippen molar-refractivity contribution in [2.75, 3.05) is 6.79 Å². The van der Waals surface area contributed by atoms with Gasteiger partial charge in [0.25, 0.3) is 5.91 Å². The van der Waals surface area contributed by atoms with Crippen LogP contribution in [0.1, 0.15) is 17.0 Å². The molecule has 9 heteroatoms. The Morgan fingerprint density at radius 1 is 1.16 bits per heavy atom. The molecule has 1 aliphatic heterocycles. The molecule has 0 radical (unpaired) electrons. The van der Waals surface area contributed by atoms with Gasteiger partial charge in [0.15, 0.2) is 11.5 Å². The molecule has 0 unspecified atom stereocenters. The molecule has 9 nitrogen and oxygen atoms in total. The quantitative estimate of drug-likeness (QED) is 0.399. The smallest absolute Gasteiger partial charge is 0.261 e. The molecule has 0 saturated heterocycles. The first-order valence-corrected chi connectivity index (χ1v) is 9.79. The van der Waals surface area contributed by atoms with Gasteiger partial charge in [0.2, 0.25) is 6.79 Å². The van der Waals surface area contributed by atoms with Crippen LogP contribution in [0.2, 0.25) is 0 Å². The van der Waals surface area contributed by atoms with Crippen molar-refractivity contribution >= 4 is 23.2 Å². The van der Waals surface area contributed by atoms with E-state index < -0.39 is 0 Å². The molecule has 31 heavy (non-hydrogen) atoms. The van der Waals surface area contributed by atoms with Crippen molar-refractivity contribution in [3.63, 3.8) is 0 Å². The van der Waals surface area contributed by atoms with E-state index >= 15 is 0 Å². The summed E-state index contributed by atoms with van der Waals surface area (Å²) >= 11 is 0. The number of hydrogen-bond donors (Lipinski definition) is 1. The van der Waals surface area contributed by atoms with Gasteiger partial charge in [-0.1, -0.05) is 17.3 Å². The number of rotatable bonds is 5. The average molecular weight is 416 g/mol. The van der Waals surface area contributed by atoms with Gasteiger partial charge in [-0.25, -0.2) is 10.1 Å². The minimum absolute atomic E-state index is 0.0358. The predicted octanol–water partition coefficient (Wildman–Crippen LogP) is 2.72. The molecule has 1 aliphatic rings. The van der Waals surface area contributed by atoms with Crippen LogP contribution in [0.25, 0.3) is 16.7 Å². The fourth-order valence-electron chi connectivity index (χ4n) is 3.72. The number of nitrogens with one attached hydrogen (secondary N) is 1. The zero-order valence-electron chi connectivity index (χ0n) is 17.1. The summed E-state index contributed by atoms with van der Waals surface area (Å²) in [5.41, 5.74) is 8.02. The fraction of sp³-hybridized carbons (Fsp3) is 0.182. The van der Waals surface area contributed by atoms with E-state index in [0.29, 0.717) is 0 Å². The van der Waals surface area contributed by atoms with E-state index in [1.165, 1.54) is 0 Å². The van der Waals surface area contributed by atoms with Crippen molar-refractivity contribution in [1.29, 1.82) is 0 Å². The first-order valence-electron chi connectivity index (χ1n) is 9.79. The minimum Gasteiger partial charge on any atom is -0.454 e. The Hall–Kier alpha value is -4.14. The average Bonchev–Trinajstić information content (AvgIpc) is 3.46. The molecule has 2 aromatic carbocycles. The third kappa shape index (κ3) is 3.50. The number of aryl methyl sites for hydroxylation is 1. The van der Waals surface area contributed by atoms with Gasteiger partial charge < -0.3 is 14.0 Å². The lowest BCUT2D eigenvalue weighted by atomic mass is 10.2. The Balaban J connectivity index is 1.30. The standard InChI is InChI=1S/C22H20N6O3/c1-14-9-16(15(2)28(14)17-7-8-20-21(10-17)31-13-30-20)11-23-25-22(29)12-27-19-6-4-3-5-18(19)24-26-27/h3-11H,12-13H2,1-2H3,(H,25,29)/b23-11-. The Labute approximate surface area is 177 Å². The highest BCUT2D eigenvalue weighted by Gasteiger charge is 2.16. The predicted molar refractivity (Wildman–Crippen MR) is 115 cm³/mol. The van der Waals surface area contributed by atoms with Gasteiger partial charge in [-0.3, -0.25) is 4.79 Å². The Morgan fingerprint density at radius 3 is 2.90 bits per heavy atom. The first kappa shape index (κ1) is 18.9. The molecule has 0 aliphatic carbocycles. The number of hydrogen-bond acceptors (Lipinski definition) is 6. The van der Waals surface area contributed by atoms with Crippen molar-refractivity contribution < 1.29 is 14.3 Å². The van der Waals surface area contributed by atoms with Crippen LogP contribution >= 0.6 is 0 Å². The highest BCUT2D eigenvalue weighted by Crippen LogP contribution is 2.34. The molecule has 1 N–H and O–H groups in total. The lowest BCUT2D eigenvalue weighted by molar-refractivity contribution is -0.121. The van der Waals surface area contributed by atoms with E-state index in [-0.39, 0.29) is 19.2 Å². The van der Waals surface area contributed by atoms with E-state index in [9.17, 15) is 4.79 Å². The SMILES string of the molecule is Cc1cc(/C=N\NC(=O)Cn2nnc3ccccc32)c(C)n1-c1ccc2c(c1)OCO2. The molecule has 156 valence electrons. The maximum Gasteiger partial charge on any atom is 0.261 e. The molecule has 1 amide bonds. The second-order valence-corrected chi connectivity index (χ2v) is 7.23. The van der Waals surface area contributed by atoms with Gasteiger partial charge in [0.1, 0.15) is 12.1 Å². The molecule has 0 atom stereocenters. The summed E-state index contributed by atoms with van der Waals surface area (Å²) < 4.78 is 14.5. The molecule has 0 saturated carbocycles. The van der Waals surface area contributed by atoms with E-state index in [2.05, 4.69) is 25.4 Å². The fourth-order valence-corrected chi connectivity index (χ4v) is 3.72. The molecular weight excluding hydrogens is 396 g/mol. The number of amides is 1. The molecule has 0 spiro atoms. The van der Waals surface area contributed by atoms with Crippen LogP contribution in [0.4, 0.5) is 0 Å². The normalized spacial score (nSPS) is 12.7. The van der Waals surface area contributed by atoms with Crippen molar-refractivity contribution in [2.24, 2.45) is 5.10 Å². The van der Waals surface area contributed by atoms with Gasteiger partial charge in [0.05, 0.1) is 11.7 Å². The van der Waals surface area contributed by atoms with Crippen LogP contribution in [-0.2, 0) is 11.3 Å². The van der Waals surface area contributed by atoms with E-state index in [4.69, 9.17) is 9.47 Å². The van der Waals surface area contributed by atoms with Crippen molar-refractivity contribution in [2.45, 2.75) is 20.4 Å². The number of aromatic nitrogens is 4. The van der Waals surface area contributed by atoms with E-state index in [1.54, 1.807) is 10.9 Å². The molecular formula is C22H20N6O3. The Morgan fingerprint density at radius 2 is 2.00 bits per heavy atom. The lowest BCUT2D eigenvalue weighted by Crippen LogP contribution is -2.23. The maximum atomic E-state index is 12.3. The number of hydrazone groups is 1. The van der Waals surface area contributed by atoms with Crippen molar-refractivity contribution in [3.05, 3.63) is 65.5 Å². The molecule has 0 bridgehead atoms. The summed E-state index contributed by atoms with van der Waals surface area (Å²) in [6.07, 6.45) is 1.64. The topological polar surface area (TPSA) is 95.6 Å². The number of para-hydroxylation sites is 1. The van der Waals surface area contributed by atoms with Gasteiger partial charge in [0, 0.05) is 28.7 Å². The van der Waals surface area contributed by atoms with Crippen molar-refractivity contribution in [1.82, 2.24) is 25.0 Å². The van der Waals surface area contributed by atoms with Crippen LogP contribution in [0.3, 0.4) is 0 Å². The highest BCUT2D eigenvalue weighted by atomic mass is 16.7. The Kier molecular flexibility index (Phi) is 4.62. The summed E-state index contributed by atoms with van der Waals surface area (Å²) in [5, 5.41) is 12.2. The maximum absolute atomic E-state index is 12.3. The molecule has 5 rings (SSSR count). The zero-order chi connectivity index (χ0) is 21.4. The van der Waals surface area contributed by atoms with Crippen LogP contribution in [0.15, 0.2) is 53.6 Å². The number of fused-ring (bicyclic) bond motifs is 2. The summed E-state index contributed by atoms with van der Waals surface area (Å²) in [6.45, 7) is 4.30. The summed E-state index contributed by atoms with van der Waals surface area (Å²) in [6, 6.07) is 15.3. The first-order chi connectivity index (χ1) is 15.1. The van der Waals surface area contributed by atoms with Gasteiger partial charge >= 0.3 is 0 Å². The van der Waals surface area contributed by atoms with E-state index in [1.807, 2.05) is 62.4 Å².